The van der Waals surface area contributed by atoms with E-state index in [1.807, 2.05) is 19.2 Å². The van der Waals surface area contributed by atoms with Crippen LogP contribution in [0, 0.1) is 0 Å². The van der Waals surface area contributed by atoms with Crippen molar-refractivity contribution in [3.63, 3.8) is 0 Å². The fraction of sp³-hybridized carbons (Fsp3) is 0.647. The van der Waals surface area contributed by atoms with Crippen molar-refractivity contribution >= 4 is 0 Å². The fourth-order valence-corrected chi connectivity index (χ4v) is 1.88. The highest BCUT2D eigenvalue weighted by Gasteiger charge is 2.00. The summed E-state index contributed by atoms with van der Waals surface area (Å²) in [5.74, 6) is 0.928. The van der Waals surface area contributed by atoms with E-state index in [1.54, 1.807) is 7.11 Å². The largest absolute Gasteiger partial charge is 0.494 e. The Labute approximate surface area is 128 Å². The second-order valence-corrected chi connectivity index (χ2v) is 5.18. The Morgan fingerprint density at radius 1 is 1.05 bits per heavy atom. The lowest BCUT2D eigenvalue weighted by Crippen LogP contribution is -2.21. The van der Waals surface area contributed by atoms with Gasteiger partial charge in [-0.3, -0.25) is 0 Å². The molecule has 1 unspecified atom stereocenters. The maximum absolute atomic E-state index is 5.69. The number of hydrogen-bond acceptors (Lipinski definition) is 4. The zero-order chi connectivity index (χ0) is 15.3. The normalized spacial score (nSPS) is 12.3. The Kier molecular flexibility index (Phi) is 9.87. The molecule has 4 heteroatoms. The summed E-state index contributed by atoms with van der Waals surface area (Å²) in [6.07, 6.45) is 3.14. The Morgan fingerprint density at radius 2 is 1.81 bits per heavy atom. The van der Waals surface area contributed by atoms with Gasteiger partial charge in [-0.2, -0.15) is 0 Å². The summed E-state index contributed by atoms with van der Waals surface area (Å²) in [7, 11) is 3.68. The average molecular weight is 295 g/mol. The molecule has 0 spiro atoms. The molecular weight excluding hydrogens is 266 g/mol. The molecule has 0 radical (unpaired) electrons. The summed E-state index contributed by atoms with van der Waals surface area (Å²) < 4.78 is 16.0. The third-order valence-electron chi connectivity index (χ3n) is 3.42. The van der Waals surface area contributed by atoms with Gasteiger partial charge in [0.15, 0.2) is 0 Å². The smallest absolute Gasteiger partial charge is 0.119 e. The van der Waals surface area contributed by atoms with Crippen LogP contribution in [0.3, 0.4) is 0 Å². The molecule has 120 valence electrons. The van der Waals surface area contributed by atoms with Gasteiger partial charge >= 0.3 is 0 Å². The number of benzene rings is 1. The van der Waals surface area contributed by atoms with Crippen LogP contribution in [0.2, 0.25) is 0 Å². The van der Waals surface area contributed by atoms with Crippen molar-refractivity contribution in [1.29, 1.82) is 0 Å². The third-order valence-corrected chi connectivity index (χ3v) is 3.42. The highest BCUT2D eigenvalue weighted by molar-refractivity contribution is 5.27. The Bertz CT molecular complexity index is 354. The standard InChI is InChI=1S/C17H29NO3/c1-15(18-2)5-6-16-7-9-17(10-8-16)21-12-4-11-20-14-13-19-3/h7-10,15,18H,4-6,11-14H2,1-3H3. The van der Waals surface area contributed by atoms with Gasteiger partial charge in [0.25, 0.3) is 0 Å². The number of ether oxygens (including phenoxy) is 3. The van der Waals surface area contributed by atoms with Crippen molar-refractivity contribution in [3.8, 4) is 5.75 Å². The zero-order valence-electron chi connectivity index (χ0n) is 13.6. The van der Waals surface area contributed by atoms with E-state index in [1.165, 1.54) is 5.56 Å². The molecular formula is C17H29NO3. The SMILES string of the molecule is CNC(C)CCc1ccc(OCCCOCCOC)cc1. The summed E-state index contributed by atoms with van der Waals surface area (Å²) in [5, 5.41) is 3.25. The molecule has 21 heavy (non-hydrogen) atoms. The highest BCUT2D eigenvalue weighted by atomic mass is 16.5. The maximum Gasteiger partial charge on any atom is 0.119 e. The minimum absolute atomic E-state index is 0.555. The molecule has 1 atom stereocenters. The molecule has 0 aliphatic carbocycles. The van der Waals surface area contributed by atoms with Crippen LogP contribution < -0.4 is 10.1 Å². The highest BCUT2D eigenvalue weighted by Crippen LogP contribution is 2.14. The molecule has 1 N–H and O–H groups in total. The number of rotatable bonds is 12. The second kappa shape index (κ2) is 11.5. The Hall–Kier alpha value is -1.10. The first-order valence-corrected chi connectivity index (χ1v) is 7.72. The monoisotopic (exact) mass is 295 g/mol. The zero-order valence-corrected chi connectivity index (χ0v) is 13.6. The lowest BCUT2D eigenvalue weighted by molar-refractivity contribution is 0.0644. The van der Waals surface area contributed by atoms with Gasteiger partial charge in [-0.1, -0.05) is 12.1 Å². The fourth-order valence-electron chi connectivity index (χ4n) is 1.88. The predicted octanol–water partition coefficient (Wildman–Crippen LogP) is 2.66. The van der Waals surface area contributed by atoms with Gasteiger partial charge < -0.3 is 19.5 Å². The van der Waals surface area contributed by atoms with Crippen molar-refractivity contribution in [3.05, 3.63) is 29.8 Å². The Balaban J connectivity index is 2.13. The van der Waals surface area contributed by atoms with Crippen molar-refractivity contribution in [2.45, 2.75) is 32.2 Å². The summed E-state index contributed by atoms with van der Waals surface area (Å²) in [6.45, 7) is 4.89. The van der Waals surface area contributed by atoms with Crippen LogP contribution in [0.5, 0.6) is 5.75 Å². The molecule has 0 saturated heterocycles. The second-order valence-electron chi connectivity index (χ2n) is 5.18. The molecule has 0 aliphatic heterocycles. The molecule has 0 aromatic heterocycles. The van der Waals surface area contributed by atoms with Gasteiger partial charge in [0.1, 0.15) is 5.75 Å². The first-order chi connectivity index (χ1) is 10.3. The van der Waals surface area contributed by atoms with Gasteiger partial charge in [0.05, 0.1) is 19.8 Å². The van der Waals surface area contributed by atoms with E-state index in [2.05, 4.69) is 24.4 Å². The van der Waals surface area contributed by atoms with Crippen LogP contribution in [0.4, 0.5) is 0 Å². The first-order valence-electron chi connectivity index (χ1n) is 7.72. The number of aryl methyl sites for hydroxylation is 1. The van der Waals surface area contributed by atoms with E-state index in [0.29, 0.717) is 32.5 Å². The van der Waals surface area contributed by atoms with E-state index >= 15 is 0 Å². The lowest BCUT2D eigenvalue weighted by Gasteiger charge is -2.10. The van der Waals surface area contributed by atoms with E-state index in [9.17, 15) is 0 Å². The number of nitrogens with one attached hydrogen (secondary N) is 1. The first kappa shape index (κ1) is 18.0. The number of hydrogen-bond donors (Lipinski definition) is 1. The summed E-state index contributed by atoms with van der Waals surface area (Å²) in [6, 6.07) is 8.94. The predicted molar refractivity (Wildman–Crippen MR) is 86.1 cm³/mol. The van der Waals surface area contributed by atoms with E-state index in [0.717, 1.165) is 25.0 Å². The molecule has 1 aromatic carbocycles. The van der Waals surface area contributed by atoms with Crippen LogP contribution in [0.25, 0.3) is 0 Å². The molecule has 0 bridgehead atoms. The van der Waals surface area contributed by atoms with Gasteiger partial charge in [-0.05, 0) is 44.5 Å². The van der Waals surface area contributed by atoms with Crippen LogP contribution in [0.15, 0.2) is 24.3 Å². The molecule has 0 aliphatic rings. The number of methoxy groups -OCH3 is 1. The van der Waals surface area contributed by atoms with E-state index < -0.39 is 0 Å². The van der Waals surface area contributed by atoms with Crippen LogP contribution in [-0.4, -0.2) is 46.6 Å². The van der Waals surface area contributed by atoms with Crippen molar-refractivity contribution in [1.82, 2.24) is 5.32 Å². The quantitative estimate of drug-likeness (QED) is 0.602. The summed E-state index contributed by atoms with van der Waals surface area (Å²) in [5.41, 5.74) is 1.35. The van der Waals surface area contributed by atoms with Gasteiger partial charge in [0, 0.05) is 26.2 Å². The molecule has 0 heterocycles. The van der Waals surface area contributed by atoms with Crippen molar-refractivity contribution < 1.29 is 14.2 Å². The van der Waals surface area contributed by atoms with Crippen LogP contribution >= 0.6 is 0 Å². The van der Waals surface area contributed by atoms with Crippen molar-refractivity contribution in [2.75, 3.05) is 40.6 Å². The topological polar surface area (TPSA) is 39.7 Å². The minimum atomic E-state index is 0.555. The van der Waals surface area contributed by atoms with Gasteiger partial charge in [-0.15, -0.1) is 0 Å². The van der Waals surface area contributed by atoms with E-state index in [-0.39, 0.29) is 0 Å². The summed E-state index contributed by atoms with van der Waals surface area (Å²) >= 11 is 0. The molecule has 1 aromatic rings. The van der Waals surface area contributed by atoms with E-state index in [4.69, 9.17) is 14.2 Å². The molecule has 0 amide bonds. The maximum atomic E-state index is 5.69. The Morgan fingerprint density at radius 3 is 2.48 bits per heavy atom. The molecule has 0 fully saturated rings. The average Bonchev–Trinajstić information content (AvgIpc) is 2.52. The lowest BCUT2D eigenvalue weighted by atomic mass is 10.1. The summed E-state index contributed by atoms with van der Waals surface area (Å²) in [4.78, 5) is 0. The molecule has 1 rings (SSSR count). The van der Waals surface area contributed by atoms with Gasteiger partial charge in [0.2, 0.25) is 0 Å². The minimum Gasteiger partial charge on any atom is -0.494 e. The third kappa shape index (κ3) is 8.71. The van der Waals surface area contributed by atoms with Crippen molar-refractivity contribution in [2.24, 2.45) is 0 Å². The van der Waals surface area contributed by atoms with Crippen LogP contribution in [0.1, 0.15) is 25.3 Å². The molecule has 4 nitrogen and oxygen atoms in total. The van der Waals surface area contributed by atoms with Gasteiger partial charge in [-0.25, -0.2) is 0 Å². The van der Waals surface area contributed by atoms with Crippen LogP contribution in [-0.2, 0) is 15.9 Å². The molecule has 0 saturated carbocycles.